The molecule has 0 saturated carbocycles. The van der Waals surface area contributed by atoms with E-state index >= 15 is 0 Å². The molecule has 26 heavy (non-hydrogen) atoms. The molecular formula is C21H28N4O. The molecule has 0 atom stereocenters. The standard InChI is InChI=1S/C21H28N4O/c1-2-9-23-21(6-1)25-14-12-24(13-15-25)17-18-4-3-5-20(16-18)26-19-7-10-22-11-8-19/h1-6,9,16,19,22H,7-8,10-15,17H2. The van der Waals surface area contributed by atoms with Crippen LogP contribution in [0.5, 0.6) is 5.75 Å². The summed E-state index contributed by atoms with van der Waals surface area (Å²) in [5.41, 5.74) is 1.34. The lowest BCUT2D eigenvalue weighted by Crippen LogP contribution is -2.46. The normalized spacial score (nSPS) is 19.5. The highest BCUT2D eigenvalue weighted by atomic mass is 16.5. The molecule has 0 amide bonds. The van der Waals surface area contributed by atoms with E-state index in [1.807, 2.05) is 12.3 Å². The number of pyridine rings is 1. The van der Waals surface area contributed by atoms with Crippen molar-refractivity contribution in [2.75, 3.05) is 44.2 Å². The molecule has 5 nitrogen and oxygen atoms in total. The monoisotopic (exact) mass is 352 g/mol. The van der Waals surface area contributed by atoms with Gasteiger partial charge in [0.05, 0.1) is 0 Å². The van der Waals surface area contributed by atoms with Gasteiger partial charge in [-0.05, 0) is 55.8 Å². The second-order valence-corrected chi connectivity index (χ2v) is 7.17. The summed E-state index contributed by atoms with van der Waals surface area (Å²) in [4.78, 5) is 9.35. The van der Waals surface area contributed by atoms with E-state index in [0.717, 1.165) is 70.2 Å². The van der Waals surface area contributed by atoms with Crippen molar-refractivity contribution in [2.24, 2.45) is 0 Å². The first-order valence-electron chi connectivity index (χ1n) is 9.71. The fourth-order valence-corrected chi connectivity index (χ4v) is 3.76. The van der Waals surface area contributed by atoms with Crippen LogP contribution < -0.4 is 15.0 Å². The molecule has 0 spiro atoms. The number of aromatic nitrogens is 1. The molecule has 0 bridgehead atoms. The van der Waals surface area contributed by atoms with Gasteiger partial charge in [-0.1, -0.05) is 18.2 Å². The predicted molar refractivity (Wildman–Crippen MR) is 105 cm³/mol. The van der Waals surface area contributed by atoms with Crippen LogP contribution in [0.15, 0.2) is 48.7 Å². The van der Waals surface area contributed by atoms with E-state index < -0.39 is 0 Å². The summed E-state index contributed by atoms with van der Waals surface area (Å²) in [6.45, 7) is 7.30. The Kier molecular flexibility index (Phi) is 5.67. The zero-order valence-corrected chi connectivity index (χ0v) is 15.3. The summed E-state index contributed by atoms with van der Waals surface area (Å²) in [5, 5.41) is 3.39. The lowest BCUT2D eigenvalue weighted by Gasteiger charge is -2.35. The Morgan fingerprint density at radius 1 is 1.00 bits per heavy atom. The fourth-order valence-electron chi connectivity index (χ4n) is 3.76. The zero-order chi connectivity index (χ0) is 17.6. The van der Waals surface area contributed by atoms with Crippen LogP contribution in [0.25, 0.3) is 0 Å². The Morgan fingerprint density at radius 2 is 1.85 bits per heavy atom. The first-order chi connectivity index (χ1) is 12.9. The van der Waals surface area contributed by atoms with Crippen LogP contribution in [-0.2, 0) is 6.54 Å². The summed E-state index contributed by atoms with van der Waals surface area (Å²) < 4.78 is 6.19. The van der Waals surface area contributed by atoms with E-state index in [0.29, 0.717) is 6.10 Å². The first-order valence-corrected chi connectivity index (χ1v) is 9.71. The van der Waals surface area contributed by atoms with Gasteiger partial charge in [0.2, 0.25) is 0 Å². The van der Waals surface area contributed by atoms with Crippen molar-refractivity contribution in [1.82, 2.24) is 15.2 Å². The zero-order valence-electron chi connectivity index (χ0n) is 15.3. The number of nitrogens with zero attached hydrogens (tertiary/aromatic N) is 3. The van der Waals surface area contributed by atoms with Crippen LogP contribution >= 0.6 is 0 Å². The van der Waals surface area contributed by atoms with Gasteiger partial charge in [-0.25, -0.2) is 4.98 Å². The summed E-state index contributed by atoms with van der Waals surface area (Å²) >= 11 is 0. The first kappa shape index (κ1) is 17.3. The van der Waals surface area contributed by atoms with Crippen LogP contribution in [0, 0.1) is 0 Å². The Balaban J connectivity index is 1.30. The molecule has 138 valence electrons. The number of piperazine rings is 1. The molecule has 1 aromatic carbocycles. The minimum absolute atomic E-state index is 0.355. The number of nitrogens with one attached hydrogen (secondary N) is 1. The number of rotatable bonds is 5. The van der Waals surface area contributed by atoms with Crippen LogP contribution in [0.3, 0.4) is 0 Å². The van der Waals surface area contributed by atoms with Crippen molar-refractivity contribution in [3.63, 3.8) is 0 Å². The van der Waals surface area contributed by atoms with Crippen molar-refractivity contribution < 1.29 is 4.74 Å². The molecule has 1 N–H and O–H groups in total. The summed E-state index contributed by atoms with van der Waals surface area (Å²) in [6, 6.07) is 14.8. The second kappa shape index (κ2) is 8.52. The Bertz CT molecular complexity index is 679. The maximum Gasteiger partial charge on any atom is 0.128 e. The van der Waals surface area contributed by atoms with Crippen LogP contribution in [-0.4, -0.2) is 55.3 Å². The molecule has 4 rings (SSSR count). The molecule has 2 aromatic rings. The van der Waals surface area contributed by atoms with Gasteiger partial charge in [0.1, 0.15) is 17.7 Å². The molecule has 2 aliphatic rings. The second-order valence-electron chi connectivity index (χ2n) is 7.17. The third-order valence-corrected chi connectivity index (χ3v) is 5.24. The van der Waals surface area contributed by atoms with Gasteiger partial charge >= 0.3 is 0 Å². The molecule has 1 aromatic heterocycles. The predicted octanol–water partition coefficient (Wildman–Crippen LogP) is 2.53. The van der Waals surface area contributed by atoms with Gasteiger partial charge in [-0.15, -0.1) is 0 Å². The van der Waals surface area contributed by atoms with Crippen molar-refractivity contribution >= 4 is 5.82 Å². The van der Waals surface area contributed by atoms with Crippen molar-refractivity contribution in [3.8, 4) is 5.75 Å². The number of anilines is 1. The molecule has 2 saturated heterocycles. The molecular weight excluding hydrogens is 324 g/mol. The van der Waals surface area contributed by atoms with Gasteiger partial charge in [-0.3, -0.25) is 4.90 Å². The van der Waals surface area contributed by atoms with E-state index in [1.54, 1.807) is 0 Å². The molecule has 2 aliphatic heterocycles. The fraction of sp³-hybridized carbons (Fsp3) is 0.476. The molecule has 5 heteroatoms. The Morgan fingerprint density at radius 3 is 2.62 bits per heavy atom. The maximum atomic E-state index is 6.19. The number of piperidine rings is 1. The van der Waals surface area contributed by atoms with Gasteiger partial charge in [-0.2, -0.15) is 0 Å². The average molecular weight is 352 g/mol. The highest BCUT2D eigenvalue weighted by Crippen LogP contribution is 2.20. The number of hydrogen-bond donors (Lipinski definition) is 1. The SMILES string of the molecule is c1ccc(N2CCN(Cc3cccc(OC4CCNCC4)c3)CC2)nc1. The molecule has 0 aliphatic carbocycles. The maximum absolute atomic E-state index is 6.19. The Hall–Kier alpha value is -2.11. The third kappa shape index (κ3) is 4.54. The minimum Gasteiger partial charge on any atom is -0.490 e. The number of benzene rings is 1. The van der Waals surface area contributed by atoms with Crippen LogP contribution in [0.4, 0.5) is 5.82 Å². The number of hydrogen-bond acceptors (Lipinski definition) is 5. The molecule has 0 unspecified atom stereocenters. The van der Waals surface area contributed by atoms with Crippen LogP contribution in [0.1, 0.15) is 18.4 Å². The topological polar surface area (TPSA) is 40.6 Å². The third-order valence-electron chi connectivity index (χ3n) is 5.24. The van der Waals surface area contributed by atoms with Crippen molar-refractivity contribution in [2.45, 2.75) is 25.5 Å². The van der Waals surface area contributed by atoms with Gasteiger partial charge in [0, 0.05) is 38.9 Å². The van der Waals surface area contributed by atoms with E-state index in [9.17, 15) is 0 Å². The van der Waals surface area contributed by atoms with E-state index in [2.05, 4.69) is 56.5 Å². The highest BCUT2D eigenvalue weighted by Gasteiger charge is 2.18. The van der Waals surface area contributed by atoms with Crippen molar-refractivity contribution in [3.05, 3.63) is 54.2 Å². The summed E-state index contributed by atoms with van der Waals surface area (Å²) in [6.07, 6.45) is 4.42. The quantitative estimate of drug-likeness (QED) is 0.896. The highest BCUT2D eigenvalue weighted by molar-refractivity contribution is 5.38. The van der Waals surface area contributed by atoms with Gasteiger partial charge < -0.3 is 15.0 Å². The lowest BCUT2D eigenvalue weighted by atomic mass is 10.1. The van der Waals surface area contributed by atoms with E-state index in [-0.39, 0.29) is 0 Å². The largest absolute Gasteiger partial charge is 0.490 e. The minimum atomic E-state index is 0.355. The van der Waals surface area contributed by atoms with Crippen LogP contribution in [0.2, 0.25) is 0 Å². The molecule has 0 radical (unpaired) electrons. The van der Waals surface area contributed by atoms with E-state index in [1.165, 1.54) is 5.56 Å². The van der Waals surface area contributed by atoms with Crippen molar-refractivity contribution in [1.29, 1.82) is 0 Å². The summed E-state index contributed by atoms with van der Waals surface area (Å²) in [7, 11) is 0. The van der Waals surface area contributed by atoms with E-state index in [4.69, 9.17) is 4.74 Å². The van der Waals surface area contributed by atoms with Gasteiger partial charge in [0.15, 0.2) is 0 Å². The van der Waals surface area contributed by atoms with Gasteiger partial charge in [0.25, 0.3) is 0 Å². The molecule has 3 heterocycles. The Labute approximate surface area is 156 Å². The lowest BCUT2D eigenvalue weighted by molar-refractivity contribution is 0.162. The molecule has 2 fully saturated rings. The summed E-state index contributed by atoms with van der Waals surface area (Å²) in [5.74, 6) is 2.10. The smallest absolute Gasteiger partial charge is 0.128 e. The number of ether oxygens (including phenoxy) is 1. The average Bonchev–Trinajstić information content (AvgIpc) is 2.70.